The van der Waals surface area contributed by atoms with E-state index < -0.39 is 0 Å². The molecule has 0 aliphatic rings. The summed E-state index contributed by atoms with van der Waals surface area (Å²) >= 11 is 1.77. The maximum atomic E-state index is 4.26. The van der Waals surface area contributed by atoms with Crippen molar-refractivity contribution in [1.29, 1.82) is 0 Å². The van der Waals surface area contributed by atoms with Gasteiger partial charge in [-0.05, 0) is 26.9 Å². The van der Waals surface area contributed by atoms with Crippen molar-refractivity contribution in [3.63, 3.8) is 0 Å². The Balaban J connectivity index is 2.26. The SMILES string of the molecule is CCN(CC)CC(C)NCc1cnc(C)s1. The van der Waals surface area contributed by atoms with Gasteiger partial charge in [-0.2, -0.15) is 0 Å². The zero-order valence-corrected chi connectivity index (χ0v) is 11.6. The van der Waals surface area contributed by atoms with Gasteiger partial charge in [0.15, 0.2) is 0 Å². The van der Waals surface area contributed by atoms with Gasteiger partial charge >= 0.3 is 0 Å². The lowest BCUT2D eigenvalue weighted by molar-refractivity contribution is 0.271. The number of likely N-dealkylation sites (N-methyl/N-ethyl adjacent to an activating group) is 1. The van der Waals surface area contributed by atoms with Crippen LogP contribution in [0, 0.1) is 6.92 Å². The third-order valence-electron chi connectivity index (χ3n) is 2.72. The smallest absolute Gasteiger partial charge is 0.0897 e. The van der Waals surface area contributed by atoms with E-state index in [9.17, 15) is 0 Å². The van der Waals surface area contributed by atoms with Crippen LogP contribution in [0.15, 0.2) is 6.20 Å². The van der Waals surface area contributed by atoms with Crippen molar-refractivity contribution in [2.45, 2.75) is 40.3 Å². The molecule has 1 unspecified atom stereocenters. The normalized spacial score (nSPS) is 13.3. The Kier molecular flexibility index (Phi) is 5.95. The molecule has 0 aliphatic heterocycles. The summed E-state index contributed by atoms with van der Waals surface area (Å²) in [4.78, 5) is 8.02. The maximum Gasteiger partial charge on any atom is 0.0897 e. The summed E-state index contributed by atoms with van der Waals surface area (Å²) in [6.45, 7) is 13.0. The second-order valence-corrected chi connectivity index (χ2v) is 5.43. The van der Waals surface area contributed by atoms with Gasteiger partial charge in [0.25, 0.3) is 0 Å². The Hall–Kier alpha value is -0.450. The lowest BCUT2D eigenvalue weighted by Crippen LogP contribution is -2.38. The minimum atomic E-state index is 0.530. The van der Waals surface area contributed by atoms with Crippen molar-refractivity contribution in [3.05, 3.63) is 16.1 Å². The Morgan fingerprint density at radius 2 is 2.12 bits per heavy atom. The molecule has 0 spiro atoms. The average Bonchev–Trinajstić information content (AvgIpc) is 2.69. The number of rotatable bonds is 7. The van der Waals surface area contributed by atoms with E-state index in [0.29, 0.717) is 6.04 Å². The fourth-order valence-corrected chi connectivity index (χ4v) is 2.44. The van der Waals surface area contributed by atoms with Gasteiger partial charge in [-0.15, -0.1) is 11.3 Å². The molecule has 1 rings (SSSR count). The van der Waals surface area contributed by atoms with Crippen LogP contribution in [0.25, 0.3) is 0 Å². The number of hydrogen-bond acceptors (Lipinski definition) is 4. The highest BCUT2D eigenvalue weighted by atomic mass is 32.1. The van der Waals surface area contributed by atoms with E-state index in [2.05, 4.69) is 36.0 Å². The highest BCUT2D eigenvalue weighted by Crippen LogP contribution is 2.10. The number of nitrogens with one attached hydrogen (secondary N) is 1. The van der Waals surface area contributed by atoms with Crippen molar-refractivity contribution in [1.82, 2.24) is 15.2 Å². The second-order valence-electron chi connectivity index (χ2n) is 4.11. The lowest BCUT2D eigenvalue weighted by atomic mass is 10.3. The van der Waals surface area contributed by atoms with Gasteiger partial charge in [0.1, 0.15) is 0 Å². The molecule has 0 aromatic carbocycles. The molecule has 1 heterocycles. The van der Waals surface area contributed by atoms with Crippen LogP contribution in [0.2, 0.25) is 0 Å². The van der Waals surface area contributed by atoms with E-state index in [1.54, 1.807) is 11.3 Å². The van der Waals surface area contributed by atoms with E-state index in [0.717, 1.165) is 31.2 Å². The van der Waals surface area contributed by atoms with Gasteiger partial charge in [0, 0.05) is 30.2 Å². The van der Waals surface area contributed by atoms with E-state index in [1.807, 2.05) is 13.1 Å². The highest BCUT2D eigenvalue weighted by molar-refractivity contribution is 7.11. The molecule has 4 heteroatoms. The zero-order valence-electron chi connectivity index (χ0n) is 10.8. The summed E-state index contributed by atoms with van der Waals surface area (Å²) in [5, 5.41) is 4.69. The predicted octanol–water partition coefficient (Wildman–Crippen LogP) is 2.27. The fraction of sp³-hybridized carbons (Fsp3) is 0.750. The molecule has 0 aliphatic carbocycles. The first-order chi connectivity index (χ1) is 7.65. The van der Waals surface area contributed by atoms with E-state index in [-0.39, 0.29) is 0 Å². The molecular formula is C12H23N3S. The van der Waals surface area contributed by atoms with Crippen LogP contribution in [-0.4, -0.2) is 35.6 Å². The van der Waals surface area contributed by atoms with Crippen molar-refractivity contribution < 1.29 is 0 Å². The minimum absolute atomic E-state index is 0.530. The maximum absolute atomic E-state index is 4.26. The number of hydrogen-bond donors (Lipinski definition) is 1. The van der Waals surface area contributed by atoms with Crippen molar-refractivity contribution >= 4 is 11.3 Å². The summed E-state index contributed by atoms with van der Waals surface area (Å²) in [5.74, 6) is 0. The van der Waals surface area contributed by atoms with E-state index in [4.69, 9.17) is 0 Å². The van der Waals surface area contributed by atoms with Crippen LogP contribution in [0.5, 0.6) is 0 Å². The Labute approximate surface area is 103 Å². The molecule has 16 heavy (non-hydrogen) atoms. The molecule has 92 valence electrons. The van der Waals surface area contributed by atoms with Gasteiger partial charge in [-0.1, -0.05) is 13.8 Å². The molecule has 1 atom stereocenters. The zero-order chi connectivity index (χ0) is 12.0. The van der Waals surface area contributed by atoms with E-state index in [1.165, 1.54) is 4.88 Å². The summed E-state index contributed by atoms with van der Waals surface area (Å²) in [6.07, 6.45) is 1.97. The molecule has 1 aromatic heterocycles. The standard InChI is InChI=1S/C12H23N3S/c1-5-15(6-2)9-10(3)13-7-12-8-14-11(4)16-12/h8,10,13H,5-7,9H2,1-4H3. The summed E-state index contributed by atoms with van der Waals surface area (Å²) in [7, 11) is 0. The van der Waals surface area contributed by atoms with Crippen LogP contribution >= 0.6 is 11.3 Å². The molecule has 3 nitrogen and oxygen atoms in total. The fourth-order valence-electron chi connectivity index (χ4n) is 1.70. The third kappa shape index (κ3) is 4.60. The highest BCUT2D eigenvalue weighted by Gasteiger charge is 2.07. The second kappa shape index (κ2) is 6.99. The van der Waals surface area contributed by atoms with Gasteiger partial charge in [-0.3, -0.25) is 0 Å². The molecule has 0 fully saturated rings. The Morgan fingerprint density at radius 3 is 2.62 bits per heavy atom. The Bertz CT molecular complexity index is 294. The number of nitrogens with zero attached hydrogens (tertiary/aromatic N) is 2. The first-order valence-electron chi connectivity index (χ1n) is 6.02. The Morgan fingerprint density at radius 1 is 1.44 bits per heavy atom. The van der Waals surface area contributed by atoms with Crippen LogP contribution in [0.3, 0.4) is 0 Å². The van der Waals surface area contributed by atoms with Crippen molar-refractivity contribution in [3.8, 4) is 0 Å². The first-order valence-corrected chi connectivity index (χ1v) is 6.84. The summed E-state index contributed by atoms with van der Waals surface area (Å²) in [5.41, 5.74) is 0. The van der Waals surface area contributed by atoms with Gasteiger partial charge < -0.3 is 10.2 Å². The predicted molar refractivity (Wildman–Crippen MR) is 70.9 cm³/mol. The van der Waals surface area contributed by atoms with Crippen LogP contribution in [0.4, 0.5) is 0 Å². The van der Waals surface area contributed by atoms with Gasteiger partial charge in [-0.25, -0.2) is 4.98 Å². The average molecular weight is 241 g/mol. The molecule has 0 radical (unpaired) electrons. The third-order valence-corrected chi connectivity index (χ3v) is 3.63. The molecule has 0 saturated carbocycles. The number of aromatic nitrogens is 1. The van der Waals surface area contributed by atoms with Gasteiger partial charge in [0.2, 0.25) is 0 Å². The monoisotopic (exact) mass is 241 g/mol. The summed E-state index contributed by atoms with van der Waals surface area (Å²) in [6, 6.07) is 0.530. The van der Waals surface area contributed by atoms with Crippen LogP contribution in [0.1, 0.15) is 30.7 Å². The number of aryl methyl sites for hydroxylation is 1. The molecule has 1 N–H and O–H groups in total. The van der Waals surface area contributed by atoms with Crippen LogP contribution in [-0.2, 0) is 6.54 Å². The molecule has 0 bridgehead atoms. The number of thiazole rings is 1. The minimum Gasteiger partial charge on any atom is -0.308 e. The quantitative estimate of drug-likeness (QED) is 0.794. The largest absolute Gasteiger partial charge is 0.308 e. The molecule has 0 saturated heterocycles. The van der Waals surface area contributed by atoms with Crippen molar-refractivity contribution in [2.75, 3.05) is 19.6 Å². The van der Waals surface area contributed by atoms with E-state index >= 15 is 0 Å². The van der Waals surface area contributed by atoms with Gasteiger partial charge in [0.05, 0.1) is 5.01 Å². The van der Waals surface area contributed by atoms with Crippen molar-refractivity contribution in [2.24, 2.45) is 0 Å². The molecule has 0 amide bonds. The molecule has 1 aromatic rings. The topological polar surface area (TPSA) is 28.2 Å². The lowest BCUT2D eigenvalue weighted by Gasteiger charge is -2.23. The van der Waals surface area contributed by atoms with Crippen LogP contribution < -0.4 is 5.32 Å². The molecular weight excluding hydrogens is 218 g/mol. The summed E-state index contributed by atoms with van der Waals surface area (Å²) < 4.78 is 0. The first kappa shape index (κ1) is 13.6.